The average Bonchev–Trinajstić information content (AvgIpc) is 2.84. The minimum atomic E-state index is 0.568. The summed E-state index contributed by atoms with van der Waals surface area (Å²) in [5, 5.41) is 2.49. The molecule has 0 aliphatic heterocycles. The van der Waals surface area contributed by atoms with Gasteiger partial charge in [0.2, 0.25) is 5.89 Å². The summed E-state index contributed by atoms with van der Waals surface area (Å²) in [5.74, 6) is 0.656. The summed E-state index contributed by atoms with van der Waals surface area (Å²) in [6.45, 7) is 0. The maximum absolute atomic E-state index is 5.63. The lowest BCUT2D eigenvalue weighted by atomic mass is 10.3. The number of thiazole rings is 1. The standard InChI is InChI=1S/C11H8BrN3OS/c12-6-1-2-9-8(3-6)15-10(16-9)4-7-5-17-11(13)14-7/h1-3,5H,4H2,(H2,13,14). The second-order valence-electron chi connectivity index (χ2n) is 3.57. The van der Waals surface area contributed by atoms with Gasteiger partial charge in [-0.05, 0) is 18.2 Å². The number of nitrogens with two attached hydrogens (primary N) is 1. The van der Waals surface area contributed by atoms with Gasteiger partial charge in [0.05, 0.1) is 12.1 Å². The maximum Gasteiger partial charge on any atom is 0.201 e. The largest absolute Gasteiger partial charge is 0.440 e. The molecule has 0 radical (unpaired) electrons. The van der Waals surface area contributed by atoms with Gasteiger partial charge in [0.25, 0.3) is 0 Å². The Kier molecular flexibility index (Phi) is 2.60. The summed E-state index contributed by atoms with van der Waals surface area (Å²) in [4.78, 5) is 8.59. The molecular formula is C11H8BrN3OS. The normalized spacial score (nSPS) is 11.1. The van der Waals surface area contributed by atoms with Crippen LogP contribution >= 0.6 is 27.3 Å². The van der Waals surface area contributed by atoms with Crippen LogP contribution in [0.3, 0.4) is 0 Å². The van der Waals surface area contributed by atoms with Crippen LogP contribution in [0.2, 0.25) is 0 Å². The van der Waals surface area contributed by atoms with Gasteiger partial charge >= 0.3 is 0 Å². The highest BCUT2D eigenvalue weighted by molar-refractivity contribution is 9.10. The van der Waals surface area contributed by atoms with Crippen LogP contribution in [0.1, 0.15) is 11.6 Å². The molecule has 2 heterocycles. The van der Waals surface area contributed by atoms with Gasteiger partial charge < -0.3 is 10.2 Å². The first-order chi connectivity index (χ1) is 8.20. The van der Waals surface area contributed by atoms with E-state index in [1.54, 1.807) is 0 Å². The molecule has 86 valence electrons. The fourth-order valence-electron chi connectivity index (χ4n) is 1.58. The number of fused-ring (bicyclic) bond motifs is 1. The van der Waals surface area contributed by atoms with Gasteiger partial charge in [0.15, 0.2) is 10.7 Å². The number of anilines is 1. The molecule has 3 rings (SSSR count). The van der Waals surface area contributed by atoms with E-state index in [9.17, 15) is 0 Å². The van der Waals surface area contributed by atoms with Crippen molar-refractivity contribution in [2.75, 3.05) is 5.73 Å². The Morgan fingerprint density at radius 2 is 2.24 bits per heavy atom. The Morgan fingerprint density at radius 1 is 1.35 bits per heavy atom. The third kappa shape index (κ3) is 2.18. The van der Waals surface area contributed by atoms with E-state index in [2.05, 4.69) is 25.9 Å². The first-order valence-corrected chi connectivity index (χ1v) is 6.63. The molecule has 0 spiro atoms. The monoisotopic (exact) mass is 309 g/mol. The third-order valence-corrected chi connectivity index (χ3v) is 3.51. The van der Waals surface area contributed by atoms with E-state index >= 15 is 0 Å². The zero-order valence-electron chi connectivity index (χ0n) is 8.68. The first kappa shape index (κ1) is 10.7. The van der Waals surface area contributed by atoms with E-state index < -0.39 is 0 Å². The number of nitrogens with zero attached hydrogens (tertiary/aromatic N) is 2. The van der Waals surface area contributed by atoms with Crippen molar-refractivity contribution in [3.63, 3.8) is 0 Å². The Balaban J connectivity index is 1.95. The molecular weight excluding hydrogens is 302 g/mol. The van der Waals surface area contributed by atoms with Crippen molar-refractivity contribution in [2.24, 2.45) is 0 Å². The van der Waals surface area contributed by atoms with Crippen molar-refractivity contribution in [3.05, 3.63) is 39.6 Å². The van der Waals surface area contributed by atoms with E-state index in [1.807, 2.05) is 23.6 Å². The van der Waals surface area contributed by atoms with Crippen molar-refractivity contribution in [1.82, 2.24) is 9.97 Å². The number of aromatic nitrogens is 2. The lowest BCUT2D eigenvalue weighted by Crippen LogP contribution is -1.89. The molecule has 6 heteroatoms. The molecule has 0 aliphatic carbocycles. The highest BCUT2D eigenvalue weighted by Crippen LogP contribution is 2.22. The van der Waals surface area contributed by atoms with Crippen LogP contribution in [-0.4, -0.2) is 9.97 Å². The third-order valence-electron chi connectivity index (χ3n) is 2.30. The summed E-state index contributed by atoms with van der Waals surface area (Å²) in [5.41, 5.74) is 8.09. The lowest BCUT2D eigenvalue weighted by Gasteiger charge is -1.88. The fourth-order valence-corrected chi connectivity index (χ4v) is 2.49. The minimum Gasteiger partial charge on any atom is -0.440 e. The van der Waals surface area contributed by atoms with E-state index in [0.717, 1.165) is 21.3 Å². The topological polar surface area (TPSA) is 64.9 Å². The molecule has 0 aliphatic rings. The minimum absolute atomic E-state index is 0.568. The molecule has 0 unspecified atom stereocenters. The molecule has 4 nitrogen and oxygen atoms in total. The SMILES string of the molecule is Nc1nc(Cc2nc3cc(Br)ccc3o2)cs1. The van der Waals surface area contributed by atoms with E-state index in [4.69, 9.17) is 10.2 Å². The Labute approximate surface area is 110 Å². The maximum atomic E-state index is 5.63. The van der Waals surface area contributed by atoms with Crippen LogP contribution in [0.15, 0.2) is 32.5 Å². The van der Waals surface area contributed by atoms with Gasteiger partial charge in [-0.2, -0.15) is 0 Å². The van der Waals surface area contributed by atoms with Crippen LogP contribution in [0.4, 0.5) is 5.13 Å². The van der Waals surface area contributed by atoms with Crippen LogP contribution in [-0.2, 0) is 6.42 Å². The smallest absolute Gasteiger partial charge is 0.201 e. The molecule has 0 saturated heterocycles. The number of halogens is 1. The molecule has 3 aromatic rings. The fraction of sp³-hybridized carbons (Fsp3) is 0.0909. The Hall–Kier alpha value is -1.40. The Bertz CT molecular complexity index is 676. The number of hydrogen-bond donors (Lipinski definition) is 1. The predicted molar refractivity (Wildman–Crippen MR) is 71.0 cm³/mol. The average molecular weight is 310 g/mol. The molecule has 0 atom stereocenters. The van der Waals surface area contributed by atoms with Gasteiger partial charge in [-0.1, -0.05) is 15.9 Å². The summed E-state index contributed by atoms with van der Waals surface area (Å²) in [6.07, 6.45) is 0.569. The van der Waals surface area contributed by atoms with Crippen LogP contribution in [0.25, 0.3) is 11.1 Å². The van der Waals surface area contributed by atoms with Gasteiger partial charge in [0.1, 0.15) is 5.52 Å². The van der Waals surface area contributed by atoms with Crippen molar-refractivity contribution in [3.8, 4) is 0 Å². The molecule has 2 N–H and O–H groups in total. The zero-order valence-corrected chi connectivity index (χ0v) is 11.1. The number of nitrogen functional groups attached to an aromatic ring is 1. The molecule has 1 aromatic carbocycles. The number of rotatable bonds is 2. The van der Waals surface area contributed by atoms with E-state index in [0.29, 0.717) is 17.4 Å². The summed E-state index contributed by atoms with van der Waals surface area (Å²) in [6, 6.07) is 5.75. The first-order valence-electron chi connectivity index (χ1n) is 4.95. The highest BCUT2D eigenvalue weighted by atomic mass is 79.9. The van der Waals surface area contributed by atoms with Crippen LogP contribution in [0.5, 0.6) is 0 Å². The van der Waals surface area contributed by atoms with Crippen LogP contribution in [0, 0.1) is 0 Å². The van der Waals surface area contributed by atoms with E-state index in [1.165, 1.54) is 11.3 Å². The Morgan fingerprint density at radius 3 is 3.00 bits per heavy atom. The van der Waals surface area contributed by atoms with Crippen molar-refractivity contribution >= 4 is 43.5 Å². The molecule has 0 fully saturated rings. The van der Waals surface area contributed by atoms with Gasteiger partial charge in [0, 0.05) is 9.85 Å². The molecule has 0 bridgehead atoms. The van der Waals surface area contributed by atoms with E-state index in [-0.39, 0.29) is 0 Å². The molecule has 0 amide bonds. The second kappa shape index (κ2) is 4.12. The number of benzene rings is 1. The van der Waals surface area contributed by atoms with Crippen molar-refractivity contribution < 1.29 is 4.42 Å². The van der Waals surface area contributed by atoms with Gasteiger partial charge in [-0.25, -0.2) is 9.97 Å². The molecule has 0 saturated carbocycles. The lowest BCUT2D eigenvalue weighted by molar-refractivity contribution is 0.542. The number of oxazole rings is 1. The highest BCUT2D eigenvalue weighted by Gasteiger charge is 2.08. The molecule has 2 aromatic heterocycles. The van der Waals surface area contributed by atoms with Crippen LogP contribution < -0.4 is 5.73 Å². The van der Waals surface area contributed by atoms with Crippen molar-refractivity contribution in [1.29, 1.82) is 0 Å². The van der Waals surface area contributed by atoms with Gasteiger partial charge in [-0.3, -0.25) is 0 Å². The number of hydrogen-bond acceptors (Lipinski definition) is 5. The second-order valence-corrected chi connectivity index (χ2v) is 5.38. The van der Waals surface area contributed by atoms with Gasteiger partial charge in [-0.15, -0.1) is 11.3 Å². The summed E-state index contributed by atoms with van der Waals surface area (Å²) in [7, 11) is 0. The predicted octanol–water partition coefficient (Wildman–Crippen LogP) is 3.22. The zero-order chi connectivity index (χ0) is 11.8. The summed E-state index contributed by atoms with van der Waals surface area (Å²) >= 11 is 4.83. The molecule has 17 heavy (non-hydrogen) atoms. The quantitative estimate of drug-likeness (QED) is 0.789. The summed E-state index contributed by atoms with van der Waals surface area (Å²) < 4.78 is 6.62. The van der Waals surface area contributed by atoms with Crippen molar-refractivity contribution in [2.45, 2.75) is 6.42 Å².